The van der Waals surface area contributed by atoms with Crippen LogP contribution in [-0.2, 0) is 12.2 Å². The van der Waals surface area contributed by atoms with Gasteiger partial charge in [0.2, 0.25) is 0 Å². The number of hydrogen-bond acceptors (Lipinski definition) is 3. The summed E-state index contributed by atoms with van der Waals surface area (Å²) in [5, 5.41) is 0.738. The Morgan fingerprint density at radius 3 is 2.65 bits per heavy atom. The minimum absolute atomic E-state index is 0.738. The van der Waals surface area contributed by atoms with E-state index in [1.165, 1.54) is 9.75 Å². The first-order chi connectivity index (χ1) is 8.20. The van der Waals surface area contributed by atoms with Crippen LogP contribution in [0.15, 0.2) is 35.2 Å². The Morgan fingerprint density at radius 2 is 2.00 bits per heavy atom. The molecule has 0 saturated carbocycles. The summed E-state index contributed by atoms with van der Waals surface area (Å²) < 4.78 is 0. The maximum atomic E-state index is 6.13. The van der Waals surface area contributed by atoms with Gasteiger partial charge < -0.3 is 5.73 Å². The first kappa shape index (κ1) is 12.8. The second-order valence-corrected chi connectivity index (χ2v) is 6.31. The fourth-order valence-electron chi connectivity index (χ4n) is 1.51. The minimum Gasteiger partial charge on any atom is -0.398 e. The zero-order chi connectivity index (χ0) is 12.3. The van der Waals surface area contributed by atoms with Crippen molar-refractivity contribution in [3.8, 4) is 0 Å². The van der Waals surface area contributed by atoms with Gasteiger partial charge in [0.1, 0.15) is 0 Å². The van der Waals surface area contributed by atoms with Crippen LogP contribution in [0.5, 0.6) is 0 Å². The summed E-state index contributed by atoms with van der Waals surface area (Å²) in [6, 6.07) is 10.0. The van der Waals surface area contributed by atoms with E-state index < -0.39 is 0 Å². The zero-order valence-electron chi connectivity index (χ0n) is 9.57. The van der Waals surface area contributed by atoms with Crippen molar-refractivity contribution in [2.45, 2.75) is 24.0 Å². The van der Waals surface area contributed by atoms with Crippen LogP contribution >= 0.6 is 34.7 Å². The minimum atomic E-state index is 0.738. The van der Waals surface area contributed by atoms with E-state index in [0.717, 1.165) is 27.8 Å². The van der Waals surface area contributed by atoms with Crippen molar-refractivity contribution < 1.29 is 0 Å². The van der Waals surface area contributed by atoms with Gasteiger partial charge in [-0.05, 0) is 30.7 Å². The lowest BCUT2D eigenvalue weighted by molar-refractivity contribution is 1.19. The number of halogens is 1. The summed E-state index contributed by atoms with van der Waals surface area (Å²) in [6.45, 7) is 2.18. The molecular weight excluding hydrogens is 270 g/mol. The molecule has 90 valence electrons. The highest BCUT2D eigenvalue weighted by Crippen LogP contribution is 2.35. The van der Waals surface area contributed by atoms with Crippen LogP contribution in [0.25, 0.3) is 0 Å². The van der Waals surface area contributed by atoms with Crippen LogP contribution in [0, 0.1) is 0 Å². The van der Waals surface area contributed by atoms with Gasteiger partial charge in [0.05, 0.1) is 5.02 Å². The summed E-state index contributed by atoms with van der Waals surface area (Å²) in [6.07, 6.45) is 1.10. The van der Waals surface area contributed by atoms with E-state index in [4.69, 9.17) is 17.3 Å². The van der Waals surface area contributed by atoms with Gasteiger partial charge in [-0.1, -0.05) is 24.6 Å². The number of thiophene rings is 1. The Morgan fingerprint density at radius 1 is 1.24 bits per heavy atom. The molecular formula is C13H14ClNS2. The maximum Gasteiger partial charge on any atom is 0.0562 e. The predicted molar refractivity (Wildman–Crippen MR) is 79.1 cm³/mol. The summed E-state index contributed by atoms with van der Waals surface area (Å²) >= 11 is 9.69. The van der Waals surface area contributed by atoms with Gasteiger partial charge in [0.25, 0.3) is 0 Å². The fraction of sp³-hybridized carbons (Fsp3) is 0.231. The topological polar surface area (TPSA) is 26.0 Å². The molecule has 0 atom stereocenters. The summed E-state index contributed by atoms with van der Waals surface area (Å²) in [5.41, 5.74) is 6.67. The monoisotopic (exact) mass is 283 g/mol. The summed E-state index contributed by atoms with van der Waals surface area (Å²) in [4.78, 5) is 3.78. The van der Waals surface area contributed by atoms with Crippen molar-refractivity contribution in [1.82, 2.24) is 0 Å². The average molecular weight is 284 g/mol. The molecule has 0 radical (unpaired) electrons. The molecule has 2 rings (SSSR count). The normalized spacial score (nSPS) is 10.7. The Bertz CT molecular complexity index is 488. The van der Waals surface area contributed by atoms with Gasteiger partial charge in [0.15, 0.2) is 0 Å². The molecule has 4 heteroatoms. The standard InChI is InChI=1S/C13H14ClNS2/c1-2-9-6-7-10(17-9)8-16-13-11(14)4-3-5-12(13)15/h3-7H,2,8,15H2,1H3. The highest BCUT2D eigenvalue weighted by Gasteiger charge is 2.06. The average Bonchev–Trinajstić information content (AvgIpc) is 2.76. The number of hydrogen-bond donors (Lipinski definition) is 1. The Kier molecular flexibility index (Phi) is 4.37. The molecule has 0 bridgehead atoms. The van der Waals surface area contributed by atoms with E-state index in [-0.39, 0.29) is 0 Å². The highest BCUT2D eigenvalue weighted by atomic mass is 35.5. The van der Waals surface area contributed by atoms with E-state index in [0.29, 0.717) is 0 Å². The quantitative estimate of drug-likeness (QED) is 0.642. The van der Waals surface area contributed by atoms with Crippen LogP contribution in [-0.4, -0.2) is 0 Å². The molecule has 2 aromatic rings. The molecule has 0 aliphatic heterocycles. The highest BCUT2D eigenvalue weighted by molar-refractivity contribution is 7.99. The van der Waals surface area contributed by atoms with E-state index in [1.807, 2.05) is 29.5 Å². The maximum absolute atomic E-state index is 6.13. The van der Waals surface area contributed by atoms with Gasteiger partial charge in [-0.25, -0.2) is 0 Å². The third kappa shape index (κ3) is 3.18. The first-order valence-corrected chi connectivity index (χ1v) is 7.63. The molecule has 1 aromatic heterocycles. The fourth-order valence-corrected chi connectivity index (χ4v) is 3.85. The van der Waals surface area contributed by atoms with Crippen LogP contribution < -0.4 is 5.73 Å². The number of nitrogen functional groups attached to an aromatic ring is 1. The smallest absolute Gasteiger partial charge is 0.0562 e. The van der Waals surface area contributed by atoms with Crippen molar-refractivity contribution in [2.75, 3.05) is 5.73 Å². The third-order valence-corrected chi connectivity index (χ3v) is 5.46. The molecule has 0 fully saturated rings. The molecule has 17 heavy (non-hydrogen) atoms. The number of thioether (sulfide) groups is 1. The van der Waals surface area contributed by atoms with Crippen molar-refractivity contribution in [2.24, 2.45) is 0 Å². The lowest BCUT2D eigenvalue weighted by Crippen LogP contribution is -1.88. The molecule has 1 nitrogen and oxygen atoms in total. The SMILES string of the molecule is CCc1ccc(CSc2c(N)cccc2Cl)s1. The predicted octanol–water partition coefficient (Wildman–Crippen LogP) is 4.84. The number of aryl methyl sites for hydroxylation is 1. The molecule has 1 aromatic carbocycles. The van der Waals surface area contributed by atoms with Crippen LogP contribution in [0.4, 0.5) is 5.69 Å². The number of anilines is 1. The lowest BCUT2D eigenvalue weighted by atomic mass is 10.3. The van der Waals surface area contributed by atoms with Crippen molar-refractivity contribution in [3.63, 3.8) is 0 Å². The molecule has 0 unspecified atom stereocenters. The summed E-state index contributed by atoms with van der Waals surface area (Å²) in [7, 11) is 0. The first-order valence-electron chi connectivity index (χ1n) is 5.45. The van der Waals surface area contributed by atoms with Gasteiger partial charge in [0, 0.05) is 26.1 Å². The van der Waals surface area contributed by atoms with Gasteiger partial charge in [-0.2, -0.15) is 0 Å². The van der Waals surface area contributed by atoms with Crippen LogP contribution in [0.3, 0.4) is 0 Å². The van der Waals surface area contributed by atoms with Crippen molar-refractivity contribution >= 4 is 40.4 Å². The molecule has 2 N–H and O–H groups in total. The Labute approximate surface area is 115 Å². The molecule has 0 amide bonds. The number of rotatable bonds is 4. The van der Waals surface area contributed by atoms with Crippen molar-refractivity contribution in [1.29, 1.82) is 0 Å². The van der Waals surface area contributed by atoms with Gasteiger partial charge >= 0.3 is 0 Å². The second kappa shape index (κ2) is 5.80. The molecule has 1 heterocycles. The lowest BCUT2D eigenvalue weighted by Gasteiger charge is -2.06. The Hall–Kier alpha value is -0.640. The van der Waals surface area contributed by atoms with E-state index in [1.54, 1.807) is 11.8 Å². The molecule has 0 aliphatic rings. The van der Waals surface area contributed by atoms with E-state index in [2.05, 4.69) is 19.1 Å². The van der Waals surface area contributed by atoms with Crippen molar-refractivity contribution in [3.05, 3.63) is 45.1 Å². The van der Waals surface area contributed by atoms with E-state index in [9.17, 15) is 0 Å². The largest absolute Gasteiger partial charge is 0.398 e. The second-order valence-electron chi connectivity index (χ2n) is 3.67. The molecule has 0 aliphatic carbocycles. The molecule has 0 spiro atoms. The number of nitrogens with two attached hydrogens (primary N) is 1. The summed E-state index contributed by atoms with van der Waals surface area (Å²) in [5.74, 6) is 0.929. The zero-order valence-corrected chi connectivity index (χ0v) is 12.0. The Balaban J connectivity index is 2.07. The van der Waals surface area contributed by atoms with Gasteiger partial charge in [-0.15, -0.1) is 23.1 Å². The number of benzene rings is 1. The van der Waals surface area contributed by atoms with Crippen LogP contribution in [0.2, 0.25) is 5.02 Å². The van der Waals surface area contributed by atoms with Gasteiger partial charge in [-0.3, -0.25) is 0 Å². The van der Waals surface area contributed by atoms with Crippen LogP contribution in [0.1, 0.15) is 16.7 Å². The van der Waals surface area contributed by atoms with E-state index >= 15 is 0 Å². The third-order valence-electron chi connectivity index (χ3n) is 2.42. The molecule has 0 saturated heterocycles.